The minimum Gasteiger partial charge on any atom is -0.462 e. The standard InChI is InChI=1S/C30H56O4/c1-5-9-13-16-18-21-25-33-29(31)27(23-12-8-4)28(24-20-15-11-7-3)30(32)34-26-22-19-17-14-10-6-2/h5-26H2,1-4H3. The number of hydrogen-bond acceptors (Lipinski definition) is 4. The van der Waals surface area contributed by atoms with Crippen LogP contribution >= 0.6 is 0 Å². The Kier molecular flexibility index (Phi) is 23.8. The Morgan fingerprint density at radius 2 is 0.735 bits per heavy atom. The number of esters is 2. The summed E-state index contributed by atoms with van der Waals surface area (Å²) in [6.07, 6.45) is 21.2. The molecule has 200 valence electrons. The Morgan fingerprint density at radius 1 is 0.412 bits per heavy atom. The summed E-state index contributed by atoms with van der Waals surface area (Å²) in [5, 5.41) is 0. The minimum absolute atomic E-state index is 0.298. The van der Waals surface area contributed by atoms with Gasteiger partial charge in [-0.15, -0.1) is 0 Å². The first-order chi connectivity index (χ1) is 16.6. The normalized spacial score (nSPS) is 11.9. The van der Waals surface area contributed by atoms with Gasteiger partial charge in [0.05, 0.1) is 13.2 Å². The Balaban J connectivity index is 5.01. The third kappa shape index (κ3) is 18.1. The van der Waals surface area contributed by atoms with E-state index in [0.29, 0.717) is 37.2 Å². The summed E-state index contributed by atoms with van der Waals surface area (Å²) in [6.45, 7) is 9.60. The molecule has 34 heavy (non-hydrogen) atoms. The van der Waals surface area contributed by atoms with Gasteiger partial charge in [0.25, 0.3) is 0 Å². The van der Waals surface area contributed by atoms with Crippen LogP contribution < -0.4 is 0 Å². The molecule has 0 heterocycles. The molecule has 4 nitrogen and oxygen atoms in total. The van der Waals surface area contributed by atoms with Crippen molar-refractivity contribution in [2.75, 3.05) is 13.2 Å². The van der Waals surface area contributed by atoms with E-state index in [2.05, 4.69) is 27.7 Å². The average molecular weight is 481 g/mol. The number of carbonyl (C=O) groups is 2. The van der Waals surface area contributed by atoms with Gasteiger partial charge in [-0.3, -0.25) is 0 Å². The first kappa shape index (κ1) is 32.7. The van der Waals surface area contributed by atoms with E-state index in [1.165, 1.54) is 51.4 Å². The molecule has 0 saturated heterocycles. The number of ether oxygens (including phenoxy) is 2. The zero-order valence-corrected chi connectivity index (χ0v) is 23.2. The quantitative estimate of drug-likeness (QED) is 0.0784. The van der Waals surface area contributed by atoms with Crippen LogP contribution in [0.15, 0.2) is 11.1 Å². The number of unbranched alkanes of at least 4 members (excludes halogenated alkanes) is 14. The third-order valence-electron chi connectivity index (χ3n) is 6.38. The molecule has 0 fully saturated rings. The molecule has 0 saturated carbocycles. The van der Waals surface area contributed by atoms with Gasteiger partial charge in [0.1, 0.15) is 0 Å². The van der Waals surface area contributed by atoms with Crippen molar-refractivity contribution >= 4 is 11.9 Å². The Bertz CT molecular complexity index is 524. The van der Waals surface area contributed by atoms with E-state index in [-0.39, 0.29) is 11.9 Å². The summed E-state index contributed by atoms with van der Waals surface area (Å²) in [7, 11) is 0. The molecule has 0 bridgehead atoms. The van der Waals surface area contributed by atoms with E-state index in [0.717, 1.165) is 64.2 Å². The predicted molar refractivity (Wildman–Crippen MR) is 144 cm³/mol. The molecule has 0 aromatic heterocycles. The zero-order valence-electron chi connectivity index (χ0n) is 23.2. The topological polar surface area (TPSA) is 52.6 Å². The highest BCUT2D eigenvalue weighted by molar-refractivity contribution is 6.00. The second-order valence-corrected chi connectivity index (χ2v) is 9.68. The highest BCUT2D eigenvalue weighted by Gasteiger charge is 2.23. The maximum absolute atomic E-state index is 13.0. The van der Waals surface area contributed by atoms with Gasteiger partial charge >= 0.3 is 11.9 Å². The smallest absolute Gasteiger partial charge is 0.334 e. The molecular formula is C30H56O4. The van der Waals surface area contributed by atoms with Gasteiger partial charge in [0.15, 0.2) is 0 Å². The fraction of sp³-hybridized carbons (Fsp3) is 0.867. The largest absolute Gasteiger partial charge is 0.462 e. The van der Waals surface area contributed by atoms with E-state index in [1.807, 2.05) is 0 Å². The zero-order chi connectivity index (χ0) is 25.3. The van der Waals surface area contributed by atoms with Gasteiger partial charge in [0.2, 0.25) is 0 Å². The fourth-order valence-electron chi connectivity index (χ4n) is 4.10. The van der Waals surface area contributed by atoms with Crippen molar-refractivity contribution in [1.29, 1.82) is 0 Å². The predicted octanol–water partition coefficient (Wildman–Crippen LogP) is 9.25. The van der Waals surface area contributed by atoms with Crippen LogP contribution in [-0.2, 0) is 19.1 Å². The van der Waals surface area contributed by atoms with Gasteiger partial charge in [-0.1, -0.05) is 118 Å². The summed E-state index contributed by atoms with van der Waals surface area (Å²) in [6, 6.07) is 0. The number of hydrogen-bond donors (Lipinski definition) is 0. The Morgan fingerprint density at radius 3 is 1.15 bits per heavy atom. The van der Waals surface area contributed by atoms with Crippen molar-refractivity contribution in [2.24, 2.45) is 0 Å². The maximum atomic E-state index is 13.0. The van der Waals surface area contributed by atoms with Gasteiger partial charge in [-0.2, -0.15) is 0 Å². The molecule has 0 spiro atoms. The summed E-state index contributed by atoms with van der Waals surface area (Å²) >= 11 is 0. The van der Waals surface area contributed by atoms with Crippen molar-refractivity contribution in [3.63, 3.8) is 0 Å². The van der Waals surface area contributed by atoms with Crippen molar-refractivity contribution in [3.05, 3.63) is 11.1 Å². The molecule has 0 aromatic rings. The minimum atomic E-state index is -0.302. The summed E-state index contributed by atoms with van der Waals surface area (Å²) in [4.78, 5) is 26.0. The van der Waals surface area contributed by atoms with Gasteiger partial charge in [0, 0.05) is 11.1 Å². The Labute approximate surface area is 211 Å². The summed E-state index contributed by atoms with van der Waals surface area (Å²) in [5.74, 6) is -0.600. The molecule has 0 rings (SSSR count). The fourth-order valence-corrected chi connectivity index (χ4v) is 4.10. The van der Waals surface area contributed by atoms with Crippen LogP contribution in [0.2, 0.25) is 0 Å². The van der Waals surface area contributed by atoms with Crippen LogP contribution in [0.25, 0.3) is 0 Å². The lowest BCUT2D eigenvalue weighted by Gasteiger charge is -2.15. The van der Waals surface area contributed by atoms with Crippen LogP contribution in [0.3, 0.4) is 0 Å². The van der Waals surface area contributed by atoms with Gasteiger partial charge < -0.3 is 9.47 Å². The second-order valence-electron chi connectivity index (χ2n) is 9.68. The molecule has 0 aliphatic rings. The lowest BCUT2D eigenvalue weighted by Crippen LogP contribution is -2.18. The SMILES string of the molecule is CCCCCCCCOC(=O)C(CCCC)=C(CCCCCC)C(=O)OCCCCCCCC. The average Bonchev–Trinajstić information content (AvgIpc) is 2.84. The first-order valence-corrected chi connectivity index (χ1v) is 14.7. The van der Waals surface area contributed by atoms with E-state index < -0.39 is 0 Å². The van der Waals surface area contributed by atoms with E-state index in [1.54, 1.807) is 0 Å². The number of carbonyl (C=O) groups excluding carboxylic acids is 2. The molecule has 0 atom stereocenters. The molecule has 0 unspecified atom stereocenters. The monoisotopic (exact) mass is 480 g/mol. The highest BCUT2D eigenvalue weighted by atomic mass is 16.5. The molecule has 0 radical (unpaired) electrons. The van der Waals surface area contributed by atoms with E-state index in [9.17, 15) is 9.59 Å². The van der Waals surface area contributed by atoms with Crippen LogP contribution in [0, 0.1) is 0 Å². The van der Waals surface area contributed by atoms with Crippen molar-refractivity contribution in [1.82, 2.24) is 0 Å². The highest BCUT2D eigenvalue weighted by Crippen LogP contribution is 2.22. The van der Waals surface area contributed by atoms with Crippen LogP contribution in [0.1, 0.15) is 156 Å². The van der Waals surface area contributed by atoms with Crippen molar-refractivity contribution < 1.29 is 19.1 Å². The lowest BCUT2D eigenvalue weighted by atomic mass is 9.97. The van der Waals surface area contributed by atoms with Crippen LogP contribution in [0.4, 0.5) is 0 Å². The molecule has 0 N–H and O–H groups in total. The van der Waals surface area contributed by atoms with Gasteiger partial charge in [-0.25, -0.2) is 9.59 Å². The van der Waals surface area contributed by atoms with E-state index in [4.69, 9.17) is 9.47 Å². The molecule has 4 heteroatoms. The molecule has 0 aromatic carbocycles. The van der Waals surface area contributed by atoms with Gasteiger partial charge in [-0.05, 0) is 38.5 Å². The maximum Gasteiger partial charge on any atom is 0.334 e. The van der Waals surface area contributed by atoms with Crippen molar-refractivity contribution in [2.45, 2.75) is 156 Å². The molecule has 0 aliphatic heterocycles. The van der Waals surface area contributed by atoms with Crippen molar-refractivity contribution in [3.8, 4) is 0 Å². The number of rotatable bonds is 24. The first-order valence-electron chi connectivity index (χ1n) is 14.7. The third-order valence-corrected chi connectivity index (χ3v) is 6.38. The summed E-state index contributed by atoms with van der Waals surface area (Å²) < 4.78 is 11.3. The van der Waals surface area contributed by atoms with E-state index >= 15 is 0 Å². The molecule has 0 aliphatic carbocycles. The van der Waals surface area contributed by atoms with Crippen LogP contribution in [0.5, 0.6) is 0 Å². The molecular weight excluding hydrogens is 424 g/mol. The molecule has 0 amide bonds. The summed E-state index contributed by atoms with van der Waals surface area (Å²) in [5.41, 5.74) is 1.14. The van der Waals surface area contributed by atoms with Crippen LogP contribution in [-0.4, -0.2) is 25.2 Å². The Hall–Kier alpha value is -1.32. The lowest BCUT2D eigenvalue weighted by molar-refractivity contribution is -0.142. The second kappa shape index (κ2) is 24.8.